The third-order valence-corrected chi connectivity index (χ3v) is 3.70. The molecule has 1 aromatic heterocycles. The van der Waals surface area contributed by atoms with Crippen molar-refractivity contribution in [2.24, 2.45) is 5.73 Å². The van der Waals surface area contributed by atoms with Crippen LogP contribution in [-0.4, -0.2) is 4.98 Å². The molecule has 2 N–H and O–H groups in total. The van der Waals surface area contributed by atoms with Crippen LogP contribution in [0.2, 0.25) is 0 Å². The molecular weight excluding hydrogens is 240 g/mol. The summed E-state index contributed by atoms with van der Waals surface area (Å²) in [6.07, 6.45) is 1.83. The Morgan fingerprint density at radius 1 is 1.06 bits per heavy atom. The van der Waals surface area contributed by atoms with Gasteiger partial charge in [-0.15, -0.1) is 11.8 Å². The smallest absolute Gasteiger partial charge is 0.0966 e. The minimum absolute atomic E-state index is 0.569. The fraction of sp³-hybridized carbons (Fsp3) is 0.267. The number of hydrogen-bond acceptors (Lipinski definition) is 3. The van der Waals surface area contributed by atoms with Gasteiger partial charge in [-0.25, -0.2) is 4.98 Å². The fourth-order valence-corrected chi connectivity index (χ4v) is 2.82. The summed E-state index contributed by atoms with van der Waals surface area (Å²) in [5.41, 5.74) is 10.7. The van der Waals surface area contributed by atoms with Gasteiger partial charge in [-0.1, -0.05) is 29.3 Å². The van der Waals surface area contributed by atoms with Crippen molar-refractivity contribution in [2.75, 3.05) is 0 Å². The van der Waals surface area contributed by atoms with Crippen LogP contribution in [0.5, 0.6) is 0 Å². The number of nitrogens with zero attached hydrogens (tertiary/aromatic N) is 1. The first kappa shape index (κ1) is 13.1. The first-order valence-electron chi connectivity index (χ1n) is 6.02. The van der Waals surface area contributed by atoms with E-state index in [0.717, 1.165) is 16.3 Å². The summed E-state index contributed by atoms with van der Waals surface area (Å²) < 4.78 is 0. The molecule has 0 saturated heterocycles. The third kappa shape index (κ3) is 3.59. The van der Waals surface area contributed by atoms with Gasteiger partial charge in [0.25, 0.3) is 0 Å². The number of pyridine rings is 1. The predicted octanol–water partition coefficient (Wildman–Crippen LogP) is 3.45. The molecule has 0 amide bonds. The van der Waals surface area contributed by atoms with Crippen molar-refractivity contribution in [3.8, 4) is 0 Å². The van der Waals surface area contributed by atoms with E-state index in [1.54, 1.807) is 11.8 Å². The van der Waals surface area contributed by atoms with Crippen LogP contribution in [0.4, 0.5) is 0 Å². The van der Waals surface area contributed by atoms with E-state index in [4.69, 9.17) is 5.73 Å². The molecule has 2 aromatic rings. The normalized spacial score (nSPS) is 10.6. The highest BCUT2D eigenvalue weighted by molar-refractivity contribution is 7.98. The molecular formula is C15H18N2S. The third-order valence-electron chi connectivity index (χ3n) is 2.70. The lowest BCUT2D eigenvalue weighted by molar-refractivity contribution is 1.02. The Labute approximate surface area is 113 Å². The Bertz CT molecular complexity index is 518. The second kappa shape index (κ2) is 6.03. The zero-order chi connectivity index (χ0) is 13.0. The molecule has 1 heterocycles. The van der Waals surface area contributed by atoms with Crippen molar-refractivity contribution in [3.05, 3.63) is 58.8 Å². The average molecular weight is 258 g/mol. The monoisotopic (exact) mass is 258 g/mol. The predicted molar refractivity (Wildman–Crippen MR) is 77.6 cm³/mol. The van der Waals surface area contributed by atoms with Gasteiger partial charge in [0.1, 0.15) is 0 Å². The molecule has 0 fully saturated rings. The zero-order valence-corrected chi connectivity index (χ0v) is 11.6. The summed E-state index contributed by atoms with van der Waals surface area (Å²) >= 11 is 1.75. The van der Waals surface area contributed by atoms with E-state index in [1.165, 1.54) is 16.7 Å². The van der Waals surface area contributed by atoms with Crippen LogP contribution in [0.1, 0.15) is 22.3 Å². The number of aromatic nitrogens is 1. The van der Waals surface area contributed by atoms with Crippen molar-refractivity contribution < 1.29 is 0 Å². The average Bonchev–Trinajstić information content (AvgIpc) is 2.35. The number of hydrogen-bond donors (Lipinski definition) is 1. The first-order chi connectivity index (χ1) is 8.67. The lowest BCUT2D eigenvalue weighted by Crippen LogP contribution is -1.96. The van der Waals surface area contributed by atoms with Crippen molar-refractivity contribution in [3.63, 3.8) is 0 Å². The fourth-order valence-electron chi connectivity index (χ4n) is 1.97. The molecule has 2 nitrogen and oxygen atoms in total. The van der Waals surface area contributed by atoms with E-state index in [2.05, 4.69) is 43.1 Å². The van der Waals surface area contributed by atoms with Gasteiger partial charge in [0, 0.05) is 18.5 Å². The van der Waals surface area contributed by atoms with Crippen molar-refractivity contribution in [1.29, 1.82) is 0 Å². The van der Waals surface area contributed by atoms with Crippen molar-refractivity contribution in [2.45, 2.75) is 31.2 Å². The van der Waals surface area contributed by atoms with Crippen molar-refractivity contribution >= 4 is 11.8 Å². The first-order valence-corrected chi connectivity index (χ1v) is 7.01. The summed E-state index contributed by atoms with van der Waals surface area (Å²) in [6.45, 7) is 4.84. The van der Waals surface area contributed by atoms with E-state index in [1.807, 2.05) is 12.3 Å². The van der Waals surface area contributed by atoms with E-state index < -0.39 is 0 Å². The molecule has 0 aliphatic rings. The van der Waals surface area contributed by atoms with Gasteiger partial charge < -0.3 is 5.73 Å². The molecule has 0 spiro atoms. The molecule has 0 aliphatic carbocycles. The van der Waals surface area contributed by atoms with Gasteiger partial charge in [-0.2, -0.15) is 0 Å². The van der Waals surface area contributed by atoms with Gasteiger partial charge in [0.05, 0.1) is 5.03 Å². The molecule has 18 heavy (non-hydrogen) atoms. The quantitative estimate of drug-likeness (QED) is 0.854. The highest BCUT2D eigenvalue weighted by Gasteiger charge is 2.00. The van der Waals surface area contributed by atoms with Gasteiger partial charge in [0.2, 0.25) is 0 Å². The molecule has 0 atom stereocenters. The van der Waals surface area contributed by atoms with Crippen LogP contribution < -0.4 is 5.73 Å². The van der Waals surface area contributed by atoms with E-state index in [0.29, 0.717) is 6.54 Å². The molecule has 0 radical (unpaired) electrons. The Balaban J connectivity index is 2.06. The Morgan fingerprint density at radius 2 is 1.78 bits per heavy atom. The number of nitrogens with two attached hydrogens (primary N) is 1. The summed E-state index contributed by atoms with van der Waals surface area (Å²) in [6, 6.07) is 10.7. The second-order valence-electron chi connectivity index (χ2n) is 4.49. The van der Waals surface area contributed by atoms with E-state index >= 15 is 0 Å². The summed E-state index contributed by atoms with van der Waals surface area (Å²) in [5.74, 6) is 0.948. The summed E-state index contributed by atoms with van der Waals surface area (Å²) in [4.78, 5) is 4.35. The molecule has 0 unspecified atom stereocenters. The lowest BCUT2D eigenvalue weighted by Gasteiger charge is -2.05. The number of rotatable bonds is 4. The Morgan fingerprint density at radius 3 is 2.44 bits per heavy atom. The summed E-state index contributed by atoms with van der Waals surface area (Å²) in [7, 11) is 0. The zero-order valence-electron chi connectivity index (χ0n) is 10.8. The molecule has 0 aliphatic heterocycles. The molecule has 3 heteroatoms. The molecule has 94 valence electrons. The maximum Gasteiger partial charge on any atom is 0.0966 e. The largest absolute Gasteiger partial charge is 0.326 e. The number of aryl methyl sites for hydroxylation is 2. The van der Waals surface area contributed by atoms with Gasteiger partial charge in [-0.05, 0) is 37.1 Å². The van der Waals surface area contributed by atoms with Crippen LogP contribution in [0.15, 0.2) is 41.6 Å². The maximum atomic E-state index is 5.63. The number of benzene rings is 1. The van der Waals surface area contributed by atoms with Crippen LogP contribution in [0.3, 0.4) is 0 Å². The SMILES string of the molecule is Cc1cc(C)cc(CSc2cc(CN)ccn2)c1. The molecule has 1 aromatic carbocycles. The van der Waals surface area contributed by atoms with Crippen LogP contribution in [0, 0.1) is 13.8 Å². The maximum absolute atomic E-state index is 5.63. The number of thioether (sulfide) groups is 1. The van der Waals surface area contributed by atoms with Gasteiger partial charge in [0.15, 0.2) is 0 Å². The van der Waals surface area contributed by atoms with E-state index in [-0.39, 0.29) is 0 Å². The van der Waals surface area contributed by atoms with E-state index in [9.17, 15) is 0 Å². The van der Waals surface area contributed by atoms with Gasteiger partial charge >= 0.3 is 0 Å². The Hall–Kier alpha value is -1.32. The van der Waals surface area contributed by atoms with Crippen LogP contribution in [-0.2, 0) is 12.3 Å². The highest BCUT2D eigenvalue weighted by atomic mass is 32.2. The summed E-state index contributed by atoms with van der Waals surface area (Å²) in [5, 5.41) is 1.04. The van der Waals surface area contributed by atoms with Crippen LogP contribution >= 0.6 is 11.8 Å². The molecule has 0 bridgehead atoms. The van der Waals surface area contributed by atoms with Gasteiger partial charge in [-0.3, -0.25) is 0 Å². The minimum Gasteiger partial charge on any atom is -0.326 e. The molecule has 0 saturated carbocycles. The topological polar surface area (TPSA) is 38.9 Å². The second-order valence-corrected chi connectivity index (χ2v) is 5.49. The Kier molecular flexibility index (Phi) is 4.39. The standard InChI is InChI=1S/C15H18N2S/c1-11-5-12(2)7-14(6-11)10-18-15-8-13(9-16)3-4-17-15/h3-8H,9-10,16H2,1-2H3. The lowest BCUT2D eigenvalue weighted by atomic mass is 10.1. The minimum atomic E-state index is 0.569. The highest BCUT2D eigenvalue weighted by Crippen LogP contribution is 2.22. The van der Waals surface area contributed by atoms with Crippen LogP contribution in [0.25, 0.3) is 0 Å². The van der Waals surface area contributed by atoms with Crippen molar-refractivity contribution in [1.82, 2.24) is 4.98 Å². The molecule has 2 rings (SSSR count).